The summed E-state index contributed by atoms with van der Waals surface area (Å²) in [5, 5.41) is 23.4. The third-order valence-corrected chi connectivity index (χ3v) is 3.69. The van der Waals surface area contributed by atoms with Gasteiger partial charge < -0.3 is 14.8 Å². The number of nitrogens with one attached hydrogen (secondary N) is 1. The molecule has 0 aliphatic heterocycles. The molecule has 25 heavy (non-hydrogen) atoms. The minimum atomic E-state index is -0.698. The molecule has 0 aliphatic carbocycles. The van der Waals surface area contributed by atoms with Gasteiger partial charge in [-0.25, -0.2) is 0 Å². The fourth-order valence-corrected chi connectivity index (χ4v) is 2.41. The highest BCUT2D eigenvalue weighted by atomic mass is 16.6. The summed E-state index contributed by atoms with van der Waals surface area (Å²) in [5.41, 5.74) is 1.42. The summed E-state index contributed by atoms with van der Waals surface area (Å²) in [4.78, 5) is 21.9. The van der Waals surface area contributed by atoms with E-state index in [2.05, 4.69) is 5.32 Å². The number of furan rings is 1. The van der Waals surface area contributed by atoms with Crippen molar-refractivity contribution < 1.29 is 19.2 Å². The number of carbonyl (C=O) groups is 1. The van der Waals surface area contributed by atoms with E-state index < -0.39 is 11.0 Å². The van der Waals surface area contributed by atoms with E-state index in [0.29, 0.717) is 24.3 Å². The topological polar surface area (TPSA) is 106 Å². The smallest absolute Gasteiger partial charge is 0.269 e. The lowest BCUT2D eigenvalue weighted by Gasteiger charge is -2.09. The third-order valence-electron chi connectivity index (χ3n) is 3.69. The molecule has 0 bridgehead atoms. The lowest BCUT2D eigenvalue weighted by molar-refractivity contribution is -0.384. The van der Waals surface area contributed by atoms with Crippen LogP contribution in [0.5, 0.6) is 0 Å². The lowest BCUT2D eigenvalue weighted by atomic mass is 10.1. The maximum absolute atomic E-state index is 11.8. The van der Waals surface area contributed by atoms with Crippen LogP contribution in [0, 0.1) is 24.0 Å². The molecule has 2 N–H and O–H groups in total. The van der Waals surface area contributed by atoms with Gasteiger partial charge in [-0.3, -0.25) is 14.9 Å². The van der Waals surface area contributed by atoms with Gasteiger partial charge in [-0.15, -0.1) is 0 Å². The van der Waals surface area contributed by atoms with Crippen molar-refractivity contribution in [1.29, 1.82) is 0 Å². The van der Waals surface area contributed by atoms with Gasteiger partial charge in [0.1, 0.15) is 11.5 Å². The molecule has 1 amide bonds. The molecule has 1 aromatic carbocycles. The minimum absolute atomic E-state index is 0.000339. The summed E-state index contributed by atoms with van der Waals surface area (Å²) in [6, 6.07) is 7.67. The quantitative estimate of drug-likeness (QED) is 0.456. The second-order valence-corrected chi connectivity index (χ2v) is 5.65. The van der Waals surface area contributed by atoms with Gasteiger partial charge in [0.25, 0.3) is 5.69 Å². The number of hydrogen-bond acceptors (Lipinski definition) is 5. The van der Waals surface area contributed by atoms with Crippen LogP contribution < -0.4 is 5.32 Å². The van der Waals surface area contributed by atoms with Gasteiger partial charge in [0.05, 0.1) is 11.0 Å². The molecule has 2 rings (SSSR count). The van der Waals surface area contributed by atoms with Crippen LogP contribution in [-0.2, 0) is 4.79 Å². The molecular formula is C18H20N2O5. The molecule has 7 heteroatoms. The molecule has 1 heterocycles. The van der Waals surface area contributed by atoms with Gasteiger partial charge in [0, 0.05) is 30.3 Å². The van der Waals surface area contributed by atoms with Crippen molar-refractivity contribution in [3.05, 3.63) is 69.2 Å². The average molecular weight is 344 g/mol. The normalized spacial score (nSPS) is 12.3. The Kier molecular flexibility index (Phi) is 6.08. The second kappa shape index (κ2) is 8.25. The summed E-state index contributed by atoms with van der Waals surface area (Å²) in [7, 11) is 0. The highest BCUT2D eigenvalue weighted by Gasteiger charge is 2.14. The molecule has 7 nitrogen and oxygen atoms in total. The number of benzene rings is 1. The average Bonchev–Trinajstić information content (AvgIpc) is 2.91. The van der Waals surface area contributed by atoms with Crippen LogP contribution in [0.3, 0.4) is 0 Å². The van der Waals surface area contributed by atoms with Crippen LogP contribution in [0.4, 0.5) is 5.69 Å². The van der Waals surface area contributed by atoms with Crippen LogP contribution in [0.2, 0.25) is 0 Å². The zero-order valence-corrected chi connectivity index (χ0v) is 14.1. The molecule has 0 spiro atoms. The van der Waals surface area contributed by atoms with Gasteiger partial charge in [-0.1, -0.05) is 0 Å². The monoisotopic (exact) mass is 344 g/mol. The van der Waals surface area contributed by atoms with Crippen molar-refractivity contribution in [3.8, 4) is 0 Å². The van der Waals surface area contributed by atoms with Gasteiger partial charge >= 0.3 is 0 Å². The highest BCUT2D eigenvalue weighted by molar-refractivity contribution is 5.91. The summed E-state index contributed by atoms with van der Waals surface area (Å²) >= 11 is 0. The first kappa shape index (κ1) is 18.4. The number of nitrogens with zero attached hydrogens (tertiary/aromatic N) is 1. The number of aliphatic hydroxyl groups excluding tert-OH is 1. The van der Waals surface area contributed by atoms with Gasteiger partial charge in [-0.05, 0) is 50.1 Å². The Balaban J connectivity index is 1.80. The van der Waals surface area contributed by atoms with Crippen molar-refractivity contribution in [1.82, 2.24) is 5.32 Å². The zero-order valence-electron chi connectivity index (χ0n) is 14.1. The lowest BCUT2D eigenvalue weighted by Crippen LogP contribution is -2.23. The molecular weight excluding hydrogens is 324 g/mol. The second-order valence-electron chi connectivity index (χ2n) is 5.65. The third kappa shape index (κ3) is 5.29. The summed E-state index contributed by atoms with van der Waals surface area (Å²) in [6.07, 6.45) is 2.59. The first-order chi connectivity index (χ1) is 11.9. The van der Waals surface area contributed by atoms with Gasteiger partial charge in [0.2, 0.25) is 5.91 Å². The van der Waals surface area contributed by atoms with Crippen LogP contribution in [0.15, 0.2) is 40.8 Å². The van der Waals surface area contributed by atoms with E-state index in [1.165, 1.54) is 18.2 Å². The number of non-ortho nitro benzene ring substituents is 1. The molecule has 0 aliphatic rings. The Morgan fingerprint density at radius 2 is 2.04 bits per heavy atom. The number of amides is 1. The fraction of sp³-hybridized carbons (Fsp3) is 0.278. The Hall–Kier alpha value is -2.93. The Morgan fingerprint density at radius 3 is 2.60 bits per heavy atom. The van der Waals surface area contributed by atoms with Crippen LogP contribution in [0.1, 0.15) is 35.2 Å². The Labute approximate surface area is 145 Å². The molecule has 0 saturated carbocycles. The Morgan fingerprint density at radius 1 is 1.36 bits per heavy atom. The number of carbonyl (C=O) groups excluding carboxylic acids is 1. The summed E-state index contributed by atoms with van der Waals surface area (Å²) in [6.45, 7) is 3.92. The van der Waals surface area contributed by atoms with Crippen molar-refractivity contribution in [2.45, 2.75) is 26.4 Å². The first-order valence-corrected chi connectivity index (χ1v) is 7.82. The van der Waals surface area contributed by atoms with Crippen molar-refractivity contribution in [2.75, 3.05) is 6.54 Å². The molecule has 1 aromatic heterocycles. The van der Waals surface area contributed by atoms with Gasteiger partial charge in [0.15, 0.2) is 0 Å². The van der Waals surface area contributed by atoms with Crippen molar-refractivity contribution >= 4 is 17.7 Å². The number of nitro benzene ring substituents is 1. The van der Waals surface area contributed by atoms with Gasteiger partial charge in [-0.2, -0.15) is 0 Å². The van der Waals surface area contributed by atoms with E-state index in [1.807, 2.05) is 6.92 Å². The van der Waals surface area contributed by atoms with E-state index >= 15 is 0 Å². The van der Waals surface area contributed by atoms with Crippen LogP contribution >= 0.6 is 0 Å². The SMILES string of the molecule is Cc1cc(C(O)CCNC(=O)/C=C/c2ccc([N+](=O)[O-])cc2)c(C)o1. The summed E-state index contributed by atoms with van der Waals surface area (Å²) in [5.74, 6) is 1.11. The fourth-order valence-electron chi connectivity index (χ4n) is 2.41. The molecule has 2 aromatic rings. The molecule has 132 valence electrons. The van der Waals surface area contributed by atoms with Crippen LogP contribution in [-0.4, -0.2) is 22.5 Å². The standard InChI is InChI=1S/C18H20N2O5/c1-12-11-16(13(2)25-12)17(21)9-10-19-18(22)8-5-14-3-6-15(7-4-14)20(23)24/h3-8,11,17,21H,9-10H2,1-2H3,(H,19,22)/b8-5+. The Bertz CT molecular complexity index is 777. The maximum atomic E-state index is 11.8. The number of aryl methyl sites for hydroxylation is 2. The highest BCUT2D eigenvalue weighted by Crippen LogP contribution is 2.23. The van der Waals surface area contributed by atoms with E-state index in [4.69, 9.17) is 4.42 Å². The maximum Gasteiger partial charge on any atom is 0.269 e. The van der Waals surface area contributed by atoms with E-state index in [9.17, 15) is 20.0 Å². The first-order valence-electron chi connectivity index (χ1n) is 7.82. The largest absolute Gasteiger partial charge is 0.466 e. The molecule has 1 unspecified atom stereocenters. The summed E-state index contributed by atoms with van der Waals surface area (Å²) < 4.78 is 5.37. The minimum Gasteiger partial charge on any atom is -0.466 e. The van der Waals surface area contributed by atoms with Crippen LogP contribution in [0.25, 0.3) is 6.08 Å². The molecule has 0 radical (unpaired) electrons. The number of nitro groups is 1. The molecule has 0 fully saturated rings. The van der Waals surface area contributed by atoms with E-state index in [0.717, 1.165) is 11.3 Å². The number of hydrogen-bond donors (Lipinski definition) is 2. The number of rotatable bonds is 7. The van der Waals surface area contributed by atoms with E-state index in [-0.39, 0.29) is 11.6 Å². The van der Waals surface area contributed by atoms with Crippen molar-refractivity contribution in [3.63, 3.8) is 0 Å². The molecule has 0 saturated heterocycles. The van der Waals surface area contributed by atoms with Crippen molar-refractivity contribution in [2.24, 2.45) is 0 Å². The number of aliphatic hydroxyl groups is 1. The van der Waals surface area contributed by atoms with E-state index in [1.54, 1.807) is 31.2 Å². The molecule has 1 atom stereocenters. The zero-order chi connectivity index (χ0) is 18.4. The predicted octanol–water partition coefficient (Wildman–Crippen LogP) is 3.06. The predicted molar refractivity (Wildman–Crippen MR) is 92.9 cm³/mol.